The highest BCUT2D eigenvalue weighted by Crippen LogP contribution is 2.45. The SMILES string of the molecule is O=C(NCc1cc2nc(N3CCOc4ccc([C@@H]5C[C@H]5F)nc43)ccc2cn1)c1cc(F)c2c(c1)S(=O)(=O)[C@@H](F)COC2. The first-order valence-corrected chi connectivity index (χ1v) is 15.1. The van der Waals surface area contributed by atoms with Gasteiger partial charge in [0.25, 0.3) is 5.91 Å². The van der Waals surface area contributed by atoms with Gasteiger partial charge < -0.3 is 19.7 Å². The van der Waals surface area contributed by atoms with Crippen LogP contribution in [0.25, 0.3) is 10.9 Å². The van der Waals surface area contributed by atoms with Crippen molar-refractivity contribution >= 4 is 38.3 Å². The lowest BCUT2D eigenvalue weighted by Crippen LogP contribution is -2.30. The molecule has 222 valence electrons. The number of amides is 1. The van der Waals surface area contributed by atoms with Crippen LogP contribution in [-0.4, -0.2) is 60.7 Å². The summed E-state index contributed by atoms with van der Waals surface area (Å²) in [6.45, 7) is -0.318. The van der Waals surface area contributed by atoms with Gasteiger partial charge in [0.2, 0.25) is 15.3 Å². The highest BCUT2D eigenvalue weighted by Gasteiger charge is 2.41. The van der Waals surface area contributed by atoms with Crippen molar-refractivity contribution in [3.63, 3.8) is 0 Å². The fourth-order valence-corrected chi connectivity index (χ4v) is 6.54. The number of benzene rings is 1. The number of alkyl halides is 2. The van der Waals surface area contributed by atoms with Gasteiger partial charge in [0.1, 0.15) is 24.4 Å². The Labute approximate surface area is 243 Å². The molecule has 1 aliphatic carbocycles. The Kier molecular flexibility index (Phi) is 6.69. The van der Waals surface area contributed by atoms with E-state index in [1.165, 1.54) is 0 Å². The van der Waals surface area contributed by atoms with E-state index in [0.29, 0.717) is 53.9 Å². The Bertz CT molecular complexity index is 1890. The molecule has 10 nitrogen and oxygen atoms in total. The van der Waals surface area contributed by atoms with Gasteiger partial charge in [0.15, 0.2) is 11.6 Å². The summed E-state index contributed by atoms with van der Waals surface area (Å²) in [5.41, 5.74) is -1.26. The van der Waals surface area contributed by atoms with Crippen LogP contribution in [0, 0.1) is 5.82 Å². The molecule has 3 aliphatic rings. The summed E-state index contributed by atoms with van der Waals surface area (Å²) in [5.74, 6) is -0.191. The number of sulfone groups is 1. The third kappa shape index (κ3) is 5.03. The van der Waals surface area contributed by atoms with Crippen molar-refractivity contribution < 1.29 is 35.9 Å². The summed E-state index contributed by atoms with van der Waals surface area (Å²) in [5, 5.41) is 3.35. The normalized spacial score (nSPS) is 22.2. The summed E-state index contributed by atoms with van der Waals surface area (Å²) >= 11 is 0. The first kappa shape index (κ1) is 27.5. The molecule has 0 spiro atoms. The van der Waals surface area contributed by atoms with Gasteiger partial charge in [0, 0.05) is 34.3 Å². The smallest absolute Gasteiger partial charge is 0.251 e. The standard InChI is InChI=1S/C29H24F3N5O5S/c30-20-7-16(8-25-19(20)13-41-14-26(32)43(25,39)40)29(38)34-12-17-9-23-15(11-33-17)1-4-27(35-23)37-5-6-42-24-3-2-22(36-28(24)37)18-10-21(18)31/h1-4,7-9,11,18,21,26H,5-6,10,12-14H2,(H,34,38)/t18-,21-,26-/m1/s1. The van der Waals surface area contributed by atoms with E-state index in [4.69, 9.17) is 14.5 Å². The van der Waals surface area contributed by atoms with Crippen LogP contribution < -0.4 is 15.0 Å². The van der Waals surface area contributed by atoms with Crippen molar-refractivity contribution in [2.75, 3.05) is 24.7 Å². The number of nitrogens with one attached hydrogen (secondary N) is 1. The van der Waals surface area contributed by atoms with Crippen LogP contribution in [0.1, 0.15) is 39.6 Å². The minimum Gasteiger partial charge on any atom is -0.488 e. The number of aromatic nitrogens is 3. The van der Waals surface area contributed by atoms with Crippen LogP contribution >= 0.6 is 0 Å². The number of carbonyl (C=O) groups is 1. The lowest BCUT2D eigenvalue weighted by atomic mass is 10.1. The molecular weight excluding hydrogens is 587 g/mol. The molecule has 4 aromatic rings. The number of nitrogens with zero attached hydrogens (tertiary/aromatic N) is 4. The van der Waals surface area contributed by atoms with Gasteiger partial charge in [0.05, 0.1) is 42.4 Å². The fraction of sp³-hybridized carbons (Fsp3) is 0.310. The minimum atomic E-state index is -4.53. The second-order valence-electron chi connectivity index (χ2n) is 10.5. The highest BCUT2D eigenvalue weighted by molar-refractivity contribution is 7.92. The minimum absolute atomic E-state index is 0.0714. The van der Waals surface area contributed by atoms with E-state index >= 15 is 0 Å². The van der Waals surface area contributed by atoms with Crippen LogP contribution in [0.3, 0.4) is 0 Å². The molecule has 3 atom stereocenters. The predicted octanol–water partition coefficient (Wildman–Crippen LogP) is 4.05. The van der Waals surface area contributed by atoms with Crippen LogP contribution in [0.5, 0.6) is 5.75 Å². The molecule has 3 aromatic heterocycles. The van der Waals surface area contributed by atoms with Gasteiger partial charge >= 0.3 is 0 Å². The Hall–Kier alpha value is -4.30. The zero-order chi connectivity index (χ0) is 29.9. The van der Waals surface area contributed by atoms with E-state index in [9.17, 15) is 26.4 Å². The van der Waals surface area contributed by atoms with Crippen LogP contribution in [-0.2, 0) is 27.7 Å². The monoisotopic (exact) mass is 611 g/mol. The van der Waals surface area contributed by atoms with Crippen molar-refractivity contribution in [3.05, 3.63) is 77.0 Å². The molecule has 1 fully saturated rings. The lowest BCUT2D eigenvalue weighted by molar-refractivity contribution is 0.0938. The molecule has 0 bridgehead atoms. The molecule has 0 unspecified atom stereocenters. The van der Waals surface area contributed by atoms with Crippen LogP contribution in [0.2, 0.25) is 0 Å². The van der Waals surface area contributed by atoms with Gasteiger partial charge in [-0.15, -0.1) is 0 Å². The number of hydrogen-bond donors (Lipinski definition) is 1. The maximum absolute atomic E-state index is 14.7. The maximum Gasteiger partial charge on any atom is 0.251 e. The first-order valence-electron chi connectivity index (χ1n) is 13.6. The zero-order valence-corrected chi connectivity index (χ0v) is 23.3. The molecule has 5 heterocycles. The molecule has 0 radical (unpaired) electrons. The fourth-order valence-electron chi connectivity index (χ4n) is 5.19. The summed E-state index contributed by atoms with van der Waals surface area (Å²) in [6, 6.07) is 10.8. The predicted molar refractivity (Wildman–Crippen MR) is 148 cm³/mol. The molecule has 1 aromatic carbocycles. The van der Waals surface area contributed by atoms with Crippen molar-refractivity contribution in [1.82, 2.24) is 20.3 Å². The number of ether oxygens (including phenoxy) is 2. The molecule has 1 N–H and O–H groups in total. The number of halogens is 3. The van der Waals surface area contributed by atoms with Crippen molar-refractivity contribution in [1.29, 1.82) is 0 Å². The third-order valence-corrected chi connectivity index (χ3v) is 9.45. The molecule has 1 saturated carbocycles. The summed E-state index contributed by atoms with van der Waals surface area (Å²) in [4.78, 5) is 28.0. The zero-order valence-electron chi connectivity index (χ0n) is 22.5. The molecule has 7 rings (SSSR count). The first-order chi connectivity index (χ1) is 20.7. The Morgan fingerprint density at radius 1 is 1.12 bits per heavy atom. The molecule has 0 saturated heterocycles. The molecule has 1 amide bonds. The number of fused-ring (bicyclic) bond motifs is 3. The maximum atomic E-state index is 14.7. The number of anilines is 2. The summed E-state index contributed by atoms with van der Waals surface area (Å²) in [6.07, 6.45) is 1.18. The van der Waals surface area contributed by atoms with E-state index in [1.54, 1.807) is 24.4 Å². The average molecular weight is 612 g/mol. The van der Waals surface area contributed by atoms with Crippen LogP contribution in [0.4, 0.5) is 24.8 Å². The number of hydrogen-bond acceptors (Lipinski definition) is 9. The Balaban J connectivity index is 1.12. The molecule has 2 aliphatic heterocycles. The van der Waals surface area contributed by atoms with E-state index in [1.807, 2.05) is 17.0 Å². The molecule has 43 heavy (non-hydrogen) atoms. The highest BCUT2D eigenvalue weighted by atomic mass is 32.2. The summed E-state index contributed by atoms with van der Waals surface area (Å²) < 4.78 is 78.4. The molecule has 14 heteroatoms. The number of carbonyl (C=O) groups excluding carboxylic acids is 1. The van der Waals surface area contributed by atoms with Gasteiger partial charge in [-0.2, -0.15) is 0 Å². The number of pyridine rings is 3. The second-order valence-corrected chi connectivity index (χ2v) is 12.6. The second kappa shape index (κ2) is 10.5. The largest absolute Gasteiger partial charge is 0.488 e. The third-order valence-electron chi connectivity index (χ3n) is 7.66. The van der Waals surface area contributed by atoms with Gasteiger partial charge in [-0.05, 0) is 48.9 Å². The van der Waals surface area contributed by atoms with Crippen molar-refractivity contribution in [3.8, 4) is 5.75 Å². The van der Waals surface area contributed by atoms with E-state index in [2.05, 4.69) is 15.3 Å². The Morgan fingerprint density at radius 3 is 2.77 bits per heavy atom. The van der Waals surface area contributed by atoms with Gasteiger partial charge in [-0.3, -0.25) is 9.78 Å². The topological polar surface area (TPSA) is 124 Å². The van der Waals surface area contributed by atoms with Gasteiger partial charge in [-0.25, -0.2) is 31.6 Å². The quantitative estimate of drug-likeness (QED) is 0.356. The van der Waals surface area contributed by atoms with Gasteiger partial charge in [-0.1, -0.05) is 0 Å². The van der Waals surface area contributed by atoms with Crippen molar-refractivity contribution in [2.24, 2.45) is 0 Å². The van der Waals surface area contributed by atoms with E-state index in [0.717, 1.165) is 17.5 Å². The van der Waals surface area contributed by atoms with E-state index < -0.39 is 51.3 Å². The average Bonchev–Trinajstić information content (AvgIpc) is 3.76. The molecular formula is C29H24F3N5O5S. The lowest BCUT2D eigenvalue weighted by Gasteiger charge is -2.29. The van der Waals surface area contributed by atoms with E-state index in [-0.39, 0.29) is 23.6 Å². The van der Waals surface area contributed by atoms with Crippen molar-refractivity contribution in [2.45, 2.75) is 42.1 Å². The summed E-state index contributed by atoms with van der Waals surface area (Å²) in [7, 11) is -4.53. The van der Waals surface area contributed by atoms with Crippen LogP contribution in [0.15, 0.2) is 53.6 Å². The Morgan fingerprint density at radius 2 is 1.95 bits per heavy atom. The number of rotatable bonds is 5.